The summed E-state index contributed by atoms with van der Waals surface area (Å²) in [6.07, 6.45) is -0.747. The van der Waals surface area contributed by atoms with Crippen LogP contribution < -0.4 is 10.6 Å². The van der Waals surface area contributed by atoms with Gasteiger partial charge in [0.05, 0.1) is 11.1 Å². The van der Waals surface area contributed by atoms with E-state index in [2.05, 4.69) is 20.6 Å². The number of hydrogen-bond acceptors (Lipinski definition) is 4. The maximum Gasteiger partial charge on any atom is 0.433 e. The van der Waals surface area contributed by atoms with Crippen LogP contribution in [0.4, 0.5) is 19.0 Å². The Labute approximate surface area is 198 Å². The third kappa shape index (κ3) is 5.83. The Morgan fingerprint density at radius 3 is 2.47 bits per heavy atom. The van der Waals surface area contributed by atoms with Gasteiger partial charge in [-0.25, -0.2) is 4.98 Å². The molecule has 1 aliphatic carbocycles. The number of anilines is 1. The minimum Gasteiger partial charge on any atom is -0.352 e. The van der Waals surface area contributed by atoms with Gasteiger partial charge in [0, 0.05) is 29.1 Å². The van der Waals surface area contributed by atoms with Crippen molar-refractivity contribution >= 4 is 40.1 Å². The lowest BCUT2D eigenvalue weighted by Crippen LogP contribution is -2.33. The molecule has 2 amide bonds. The van der Waals surface area contributed by atoms with E-state index in [0.717, 1.165) is 42.1 Å². The number of benzene rings is 1. The third-order valence-corrected chi connectivity index (χ3v) is 6.22. The van der Waals surface area contributed by atoms with E-state index in [1.807, 2.05) is 12.1 Å². The van der Waals surface area contributed by atoms with E-state index in [0.29, 0.717) is 30.2 Å². The standard InChI is InChI=1S/C24H22ClF3N4O2/c25-18-7-8-19-16(11-18)6-10-21(31-19)32-23(34)15-3-1-14(2-4-15)12-30-22(33)17-5-9-20(29-13-17)24(26,27)28/h5-11,13-15H,1-4,12H2,(H,30,33)(H,31,32,34). The highest BCUT2D eigenvalue weighted by molar-refractivity contribution is 6.31. The van der Waals surface area contributed by atoms with E-state index in [9.17, 15) is 22.8 Å². The fourth-order valence-corrected chi connectivity index (χ4v) is 4.24. The highest BCUT2D eigenvalue weighted by Crippen LogP contribution is 2.30. The molecule has 2 aromatic heterocycles. The Kier molecular flexibility index (Phi) is 7.02. The van der Waals surface area contributed by atoms with Crippen molar-refractivity contribution in [2.45, 2.75) is 31.9 Å². The highest BCUT2D eigenvalue weighted by atomic mass is 35.5. The lowest BCUT2D eigenvalue weighted by molar-refractivity contribution is -0.141. The predicted octanol–water partition coefficient (Wildman–Crippen LogP) is 5.48. The van der Waals surface area contributed by atoms with Crippen molar-refractivity contribution in [2.75, 3.05) is 11.9 Å². The summed E-state index contributed by atoms with van der Waals surface area (Å²) in [5.74, 6) is -0.0176. The fraction of sp³-hybridized carbons (Fsp3) is 0.333. The van der Waals surface area contributed by atoms with Crippen LogP contribution in [0.1, 0.15) is 41.7 Å². The number of aromatic nitrogens is 2. The molecule has 2 N–H and O–H groups in total. The first-order chi connectivity index (χ1) is 16.2. The summed E-state index contributed by atoms with van der Waals surface area (Å²) in [6, 6.07) is 10.9. The minimum atomic E-state index is -4.54. The number of halogens is 4. The number of pyridine rings is 2. The van der Waals surface area contributed by atoms with Crippen molar-refractivity contribution in [1.82, 2.24) is 15.3 Å². The van der Waals surface area contributed by atoms with Crippen LogP contribution in [0, 0.1) is 11.8 Å². The zero-order chi connectivity index (χ0) is 24.3. The fourth-order valence-electron chi connectivity index (χ4n) is 4.06. The molecule has 1 fully saturated rings. The molecule has 3 aromatic rings. The van der Waals surface area contributed by atoms with Crippen molar-refractivity contribution in [2.24, 2.45) is 11.8 Å². The van der Waals surface area contributed by atoms with E-state index in [4.69, 9.17) is 11.6 Å². The average Bonchev–Trinajstić information content (AvgIpc) is 2.82. The maximum absolute atomic E-state index is 12.7. The zero-order valence-electron chi connectivity index (χ0n) is 18.0. The Bertz CT molecular complexity index is 1190. The topological polar surface area (TPSA) is 84.0 Å². The van der Waals surface area contributed by atoms with Crippen molar-refractivity contribution in [3.05, 3.63) is 64.9 Å². The second kappa shape index (κ2) is 9.97. The number of carbonyl (C=O) groups is 2. The van der Waals surface area contributed by atoms with E-state index in [1.54, 1.807) is 18.2 Å². The Morgan fingerprint density at radius 2 is 1.79 bits per heavy atom. The van der Waals surface area contributed by atoms with Crippen LogP contribution in [-0.4, -0.2) is 28.3 Å². The summed E-state index contributed by atoms with van der Waals surface area (Å²) in [5.41, 5.74) is -0.222. The third-order valence-electron chi connectivity index (χ3n) is 5.99. The molecule has 1 aliphatic rings. The molecule has 0 bridgehead atoms. The van der Waals surface area contributed by atoms with Crippen molar-refractivity contribution < 1.29 is 22.8 Å². The molecule has 34 heavy (non-hydrogen) atoms. The van der Waals surface area contributed by atoms with Crippen LogP contribution in [0.2, 0.25) is 5.02 Å². The molecule has 6 nitrogen and oxygen atoms in total. The summed E-state index contributed by atoms with van der Waals surface area (Å²) in [4.78, 5) is 32.7. The van der Waals surface area contributed by atoms with Crippen molar-refractivity contribution in [3.63, 3.8) is 0 Å². The van der Waals surface area contributed by atoms with Crippen LogP contribution in [0.15, 0.2) is 48.7 Å². The number of fused-ring (bicyclic) bond motifs is 1. The van der Waals surface area contributed by atoms with Gasteiger partial charge in [0.15, 0.2) is 0 Å². The van der Waals surface area contributed by atoms with Gasteiger partial charge in [0.1, 0.15) is 11.5 Å². The van der Waals surface area contributed by atoms with Crippen LogP contribution in [0.3, 0.4) is 0 Å². The lowest BCUT2D eigenvalue weighted by Gasteiger charge is -2.27. The van der Waals surface area contributed by atoms with E-state index < -0.39 is 17.8 Å². The normalized spacial score (nSPS) is 18.5. The number of rotatable bonds is 5. The smallest absolute Gasteiger partial charge is 0.352 e. The summed E-state index contributed by atoms with van der Waals surface area (Å²) in [6.45, 7) is 0.392. The predicted molar refractivity (Wildman–Crippen MR) is 122 cm³/mol. The van der Waals surface area contributed by atoms with Gasteiger partial charge in [-0.2, -0.15) is 13.2 Å². The number of nitrogens with one attached hydrogen (secondary N) is 2. The molecule has 178 valence electrons. The second-order valence-electron chi connectivity index (χ2n) is 8.38. The van der Waals surface area contributed by atoms with E-state index in [-0.39, 0.29) is 23.3 Å². The van der Waals surface area contributed by atoms with Crippen LogP contribution >= 0.6 is 11.6 Å². The first-order valence-electron chi connectivity index (χ1n) is 10.9. The van der Waals surface area contributed by atoms with Crippen molar-refractivity contribution in [3.8, 4) is 0 Å². The summed E-state index contributed by atoms with van der Waals surface area (Å²) in [5, 5.41) is 7.14. The van der Waals surface area contributed by atoms with Gasteiger partial charge >= 0.3 is 6.18 Å². The lowest BCUT2D eigenvalue weighted by atomic mass is 9.81. The van der Waals surface area contributed by atoms with Gasteiger partial charge < -0.3 is 10.6 Å². The summed E-state index contributed by atoms with van der Waals surface area (Å²) in [7, 11) is 0. The number of carbonyl (C=O) groups excluding carboxylic acids is 2. The monoisotopic (exact) mass is 490 g/mol. The molecule has 0 atom stereocenters. The first-order valence-corrected chi connectivity index (χ1v) is 11.3. The quantitative estimate of drug-likeness (QED) is 0.496. The Balaban J connectivity index is 1.24. The molecule has 0 radical (unpaired) electrons. The minimum absolute atomic E-state index is 0.0752. The molecule has 10 heteroatoms. The molecular weight excluding hydrogens is 469 g/mol. The number of amides is 2. The summed E-state index contributed by atoms with van der Waals surface area (Å²) < 4.78 is 37.8. The molecule has 2 heterocycles. The molecule has 1 saturated carbocycles. The van der Waals surface area contributed by atoms with Gasteiger partial charge in [0.25, 0.3) is 5.91 Å². The molecule has 0 aliphatic heterocycles. The highest BCUT2D eigenvalue weighted by Gasteiger charge is 2.32. The number of nitrogens with zero attached hydrogens (tertiary/aromatic N) is 2. The SMILES string of the molecule is O=C(NCC1CCC(C(=O)Nc2ccc3cc(Cl)ccc3n2)CC1)c1ccc(C(F)(F)F)nc1. The molecular formula is C24H22ClF3N4O2. The van der Waals surface area contributed by atoms with Crippen LogP contribution in [0.25, 0.3) is 10.9 Å². The largest absolute Gasteiger partial charge is 0.433 e. The van der Waals surface area contributed by atoms with Gasteiger partial charge in [0.2, 0.25) is 5.91 Å². The van der Waals surface area contributed by atoms with E-state index >= 15 is 0 Å². The molecule has 0 saturated heterocycles. The van der Waals surface area contributed by atoms with Gasteiger partial charge in [-0.15, -0.1) is 0 Å². The van der Waals surface area contributed by atoms with Crippen LogP contribution in [0.5, 0.6) is 0 Å². The Morgan fingerprint density at radius 1 is 1.03 bits per heavy atom. The number of hydrogen-bond donors (Lipinski definition) is 2. The van der Waals surface area contributed by atoms with Gasteiger partial charge in [-0.3, -0.25) is 14.6 Å². The van der Waals surface area contributed by atoms with Crippen LogP contribution in [-0.2, 0) is 11.0 Å². The van der Waals surface area contributed by atoms with Gasteiger partial charge in [-0.1, -0.05) is 11.6 Å². The summed E-state index contributed by atoms with van der Waals surface area (Å²) >= 11 is 5.99. The zero-order valence-corrected chi connectivity index (χ0v) is 18.8. The average molecular weight is 491 g/mol. The number of alkyl halides is 3. The Hall–Kier alpha value is -3.20. The molecule has 0 unspecified atom stereocenters. The van der Waals surface area contributed by atoms with Crippen molar-refractivity contribution in [1.29, 1.82) is 0 Å². The molecule has 0 spiro atoms. The first kappa shape index (κ1) is 23.9. The van der Waals surface area contributed by atoms with Gasteiger partial charge in [-0.05, 0) is 74.1 Å². The van der Waals surface area contributed by atoms with E-state index in [1.165, 1.54) is 0 Å². The molecule has 4 rings (SSSR count). The second-order valence-corrected chi connectivity index (χ2v) is 8.82. The molecule has 1 aromatic carbocycles. The maximum atomic E-state index is 12.7.